The van der Waals surface area contributed by atoms with Crippen LogP contribution in [0.1, 0.15) is 44.0 Å². The number of nitrogens with zero attached hydrogens (tertiary/aromatic N) is 3. The molecule has 1 atom stereocenters. The molecule has 0 radical (unpaired) electrons. The highest BCUT2D eigenvalue weighted by Crippen LogP contribution is 2.29. The summed E-state index contributed by atoms with van der Waals surface area (Å²) in [4.78, 5) is 11.3. The van der Waals surface area contributed by atoms with Gasteiger partial charge in [-0.3, -0.25) is 0 Å². The van der Waals surface area contributed by atoms with E-state index < -0.39 is 0 Å². The van der Waals surface area contributed by atoms with Crippen LogP contribution < -0.4 is 10.6 Å². The number of aliphatic hydroxyl groups is 1. The van der Waals surface area contributed by atoms with Gasteiger partial charge in [0.25, 0.3) is 0 Å². The third kappa shape index (κ3) is 2.97. The molecule has 0 amide bonds. The number of anilines is 2. The predicted octanol–water partition coefficient (Wildman–Crippen LogP) is 1.67. The predicted molar refractivity (Wildman–Crippen MR) is 77.2 cm³/mol. The molecule has 0 spiro atoms. The summed E-state index contributed by atoms with van der Waals surface area (Å²) in [6, 6.07) is 0.372. The normalized spacial score (nSPS) is 19.7. The standard InChI is InChI=1S/C14H24N4O/c1-3-12-16-13(15)10(2)14(17-12)18-8-5-4-6-11(18)7-9-19/h11,19H,3-9H2,1-2H3,(H2,15,16,17). The Labute approximate surface area is 114 Å². The van der Waals surface area contributed by atoms with Gasteiger partial charge in [0.2, 0.25) is 0 Å². The molecule has 0 saturated carbocycles. The molecule has 1 aromatic rings. The van der Waals surface area contributed by atoms with Crippen molar-refractivity contribution in [2.45, 2.75) is 52.0 Å². The first-order valence-corrected chi connectivity index (χ1v) is 7.17. The maximum atomic E-state index is 9.22. The van der Waals surface area contributed by atoms with Crippen molar-refractivity contribution < 1.29 is 5.11 Å². The summed E-state index contributed by atoms with van der Waals surface area (Å²) in [7, 11) is 0. The molecule has 1 aliphatic heterocycles. The number of piperidine rings is 1. The van der Waals surface area contributed by atoms with Crippen LogP contribution in [-0.4, -0.2) is 34.3 Å². The Morgan fingerprint density at radius 1 is 1.37 bits per heavy atom. The summed E-state index contributed by atoms with van der Waals surface area (Å²) in [5, 5.41) is 9.22. The highest BCUT2D eigenvalue weighted by molar-refractivity contribution is 5.57. The minimum atomic E-state index is 0.224. The summed E-state index contributed by atoms with van der Waals surface area (Å²) in [6.45, 7) is 5.23. The van der Waals surface area contributed by atoms with Crippen LogP contribution in [0.2, 0.25) is 0 Å². The Kier molecular flexibility index (Phi) is 4.58. The van der Waals surface area contributed by atoms with E-state index in [-0.39, 0.29) is 6.61 Å². The number of rotatable bonds is 4. The molecule has 1 aliphatic rings. The van der Waals surface area contributed by atoms with Gasteiger partial charge in [-0.15, -0.1) is 0 Å². The number of hydrogen-bond donors (Lipinski definition) is 2. The molecule has 2 heterocycles. The SMILES string of the molecule is CCc1nc(N)c(C)c(N2CCCCC2CCO)n1. The summed E-state index contributed by atoms with van der Waals surface area (Å²) in [6.07, 6.45) is 5.10. The van der Waals surface area contributed by atoms with Crippen LogP contribution in [0.3, 0.4) is 0 Å². The zero-order valence-electron chi connectivity index (χ0n) is 11.9. The van der Waals surface area contributed by atoms with Crippen LogP contribution in [0.25, 0.3) is 0 Å². The number of hydrogen-bond acceptors (Lipinski definition) is 5. The molecule has 5 nitrogen and oxygen atoms in total. The van der Waals surface area contributed by atoms with Gasteiger partial charge in [0, 0.05) is 31.2 Å². The van der Waals surface area contributed by atoms with Crippen molar-refractivity contribution in [2.24, 2.45) is 0 Å². The summed E-state index contributed by atoms with van der Waals surface area (Å²) in [5.74, 6) is 2.34. The lowest BCUT2D eigenvalue weighted by Crippen LogP contribution is -2.41. The fourth-order valence-electron chi connectivity index (χ4n) is 2.73. The highest BCUT2D eigenvalue weighted by Gasteiger charge is 2.25. The molecule has 5 heteroatoms. The Morgan fingerprint density at radius 3 is 2.84 bits per heavy atom. The van der Waals surface area contributed by atoms with Gasteiger partial charge in [-0.1, -0.05) is 6.92 Å². The number of nitrogen functional groups attached to an aromatic ring is 1. The largest absolute Gasteiger partial charge is 0.396 e. The van der Waals surface area contributed by atoms with E-state index in [1.165, 1.54) is 12.8 Å². The van der Waals surface area contributed by atoms with E-state index in [1.54, 1.807) is 0 Å². The molecular formula is C14H24N4O. The molecular weight excluding hydrogens is 240 g/mol. The van der Waals surface area contributed by atoms with Crippen molar-refractivity contribution in [3.63, 3.8) is 0 Å². The first kappa shape index (κ1) is 14.1. The zero-order valence-corrected chi connectivity index (χ0v) is 11.9. The molecule has 1 saturated heterocycles. The first-order chi connectivity index (χ1) is 9.17. The van der Waals surface area contributed by atoms with Gasteiger partial charge in [0.1, 0.15) is 17.5 Å². The summed E-state index contributed by atoms with van der Waals surface area (Å²) in [5.41, 5.74) is 6.96. The highest BCUT2D eigenvalue weighted by atomic mass is 16.3. The molecule has 3 N–H and O–H groups in total. The van der Waals surface area contributed by atoms with Crippen molar-refractivity contribution in [3.05, 3.63) is 11.4 Å². The Balaban J connectivity index is 2.34. The lowest BCUT2D eigenvalue weighted by Gasteiger charge is -2.37. The van der Waals surface area contributed by atoms with E-state index in [0.29, 0.717) is 11.9 Å². The molecule has 0 bridgehead atoms. The number of nitrogens with two attached hydrogens (primary N) is 1. The number of aromatic nitrogens is 2. The van der Waals surface area contributed by atoms with E-state index in [9.17, 15) is 5.11 Å². The van der Waals surface area contributed by atoms with E-state index >= 15 is 0 Å². The topological polar surface area (TPSA) is 75.3 Å². The smallest absolute Gasteiger partial charge is 0.137 e. The molecule has 2 rings (SSSR count). The van der Waals surface area contributed by atoms with Crippen LogP contribution in [-0.2, 0) is 6.42 Å². The van der Waals surface area contributed by atoms with Gasteiger partial charge in [-0.2, -0.15) is 0 Å². The zero-order chi connectivity index (χ0) is 13.8. The van der Waals surface area contributed by atoms with Gasteiger partial charge in [0.15, 0.2) is 0 Å². The van der Waals surface area contributed by atoms with Crippen LogP contribution in [0.5, 0.6) is 0 Å². The van der Waals surface area contributed by atoms with Crippen molar-refractivity contribution in [2.75, 3.05) is 23.8 Å². The van der Waals surface area contributed by atoms with Crippen LogP contribution >= 0.6 is 0 Å². The minimum Gasteiger partial charge on any atom is -0.396 e. The fourth-order valence-corrected chi connectivity index (χ4v) is 2.73. The number of aryl methyl sites for hydroxylation is 1. The summed E-state index contributed by atoms with van der Waals surface area (Å²) >= 11 is 0. The molecule has 0 aromatic carbocycles. The third-order valence-corrected chi connectivity index (χ3v) is 3.88. The van der Waals surface area contributed by atoms with Gasteiger partial charge in [0.05, 0.1) is 0 Å². The Morgan fingerprint density at radius 2 is 2.16 bits per heavy atom. The first-order valence-electron chi connectivity index (χ1n) is 7.17. The van der Waals surface area contributed by atoms with Gasteiger partial charge >= 0.3 is 0 Å². The van der Waals surface area contributed by atoms with Crippen LogP contribution in [0, 0.1) is 6.92 Å². The number of aliphatic hydroxyl groups excluding tert-OH is 1. The molecule has 0 aliphatic carbocycles. The molecule has 1 unspecified atom stereocenters. The second kappa shape index (κ2) is 6.19. The monoisotopic (exact) mass is 264 g/mol. The fraction of sp³-hybridized carbons (Fsp3) is 0.714. The average molecular weight is 264 g/mol. The molecule has 106 valence electrons. The Hall–Kier alpha value is -1.36. The van der Waals surface area contributed by atoms with Crippen molar-refractivity contribution >= 4 is 11.6 Å². The second-order valence-electron chi connectivity index (χ2n) is 5.18. The van der Waals surface area contributed by atoms with Gasteiger partial charge in [-0.05, 0) is 32.6 Å². The summed E-state index contributed by atoms with van der Waals surface area (Å²) < 4.78 is 0. The van der Waals surface area contributed by atoms with E-state index in [0.717, 1.165) is 43.0 Å². The van der Waals surface area contributed by atoms with Crippen LogP contribution in [0.15, 0.2) is 0 Å². The van der Waals surface area contributed by atoms with Gasteiger partial charge < -0.3 is 15.7 Å². The van der Waals surface area contributed by atoms with Gasteiger partial charge in [-0.25, -0.2) is 9.97 Å². The van der Waals surface area contributed by atoms with Crippen molar-refractivity contribution in [1.82, 2.24) is 9.97 Å². The maximum absolute atomic E-state index is 9.22. The second-order valence-corrected chi connectivity index (χ2v) is 5.18. The molecule has 19 heavy (non-hydrogen) atoms. The lowest BCUT2D eigenvalue weighted by atomic mass is 9.99. The average Bonchev–Trinajstić information content (AvgIpc) is 2.43. The Bertz CT molecular complexity index is 434. The van der Waals surface area contributed by atoms with E-state index in [2.05, 4.69) is 14.9 Å². The van der Waals surface area contributed by atoms with E-state index in [4.69, 9.17) is 5.73 Å². The third-order valence-electron chi connectivity index (χ3n) is 3.88. The minimum absolute atomic E-state index is 0.224. The van der Waals surface area contributed by atoms with Crippen molar-refractivity contribution in [3.8, 4) is 0 Å². The molecule has 1 aromatic heterocycles. The van der Waals surface area contributed by atoms with E-state index in [1.807, 2.05) is 13.8 Å². The van der Waals surface area contributed by atoms with Crippen molar-refractivity contribution in [1.29, 1.82) is 0 Å². The molecule has 1 fully saturated rings. The quantitative estimate of drug-likeness (QED) is 0.865. The van der Waals surface area contributed by atoms with Crippen LogP contribution in [0.4, 0.5) is 11.6 Å². The maximum Gasteiger partial charge on any atom is 0.137 e. The lowest BCUT2D eigenvalue weighted by molar-refractivity contribution is 0.262.